The molecule has 1 heterocycles. The number of carbonyl (C=O) groups excluding carboxylic acids is 1. The van der Waals surface area contributed by atoms with Gasteiger partial charge in [-0.2, -0.15) is 0 Å². The first-order chi connectivity index (χ1) is 12.7. The van der Waals surface area contributed by atoms with Crippen LogP contribution in [0.2, 0.25) is 0 Å². The van der Waals surface area contributed by atoms with Crippen molar-refractivity contribution in [2.75, 3.05) is 43.1 Å². The van der Waals surface area contributed by atoms with Crippen molar-refractivity contribution in [2.24, 2.45) is 0 Å². The van der Waals surface area contributed by atoms with Gasteiger partial charge in [-0.1, -0.05) is 12.1 Å². The Labute approximate surface area is 154 Å². The zero-order valence-electron chi connectivity index (χ0n) is 15.0. The lowest BCUT2D eigenvalue weighted by atomic mass is 10.2. The second-order valence-electron chi connectivity index (χ2n) is 6.03. The Hall–Kier alpha value is -2.73. The maximum Gasteiger partial charge on any atom is 0.319 e. The molecule has 0 aliphatic carbocycles. The van der Waals surface area contributed by atoms with Gasteiger partial charge in [-0.15, -0.1) is 0 Å². The molecule has 0 saturated carbocycles. The maximum atomic E-state index is 12.0. The number of benzene rings is 2. The predicted octanol–water partition coefficient (Wildman–Crippen LogP) is 3.24. The third-order valence-electron chi connectivity index (χ3n) is 4.19. The van der Waals surface area contributed by atoms with E-state index in [9.17, 15) is 4.79 Å². The number of urea groups is 1. The lowest BCUT2D eigenvalue weighted by Gasteiger charge is -2.28. The molecule has 0 spiro atoms. The van der Waals surface area contributed by atoms with Crippen molar-refractivity contribution in [1.82, 2.24) is 5.32 Å². The van der Waals surface area contributed by atoms with Crippen LogP contribution in [-0.2, 0) is 11.3 Å². The molecule has 1 aliphatic heterocycles. The van der Waals surface area contributed by atoms with Crippen LogP contribution in [0.5, 0.6) is 5.75 Å². The molecule has 6 nitrogen and oxygen atoms in total. The zero-order valence-corrected chi connectivity index (χ0v) is 15.0. The van der Waals surface area contributed by atoms with Crippen molar-refractivity contribution in [2.45, 2.75) is 13.5 Å². The van der Waals surface area contributed by atoms with E-state index < -0.39 is 0 Å². The van der Waals surface area contributed by atoms with Gasteiger partial charge in [0.15, 0.2) is 0 Å². The van der Waals surface area contributed by atoms with E-state index in [0.29, 0.717) is 13.2 Å². The summed E-state index contributed by atoms with van der Waals surface area (Å²) in [6.07, 6.45) is 0. The standard InChI is InChI=1S/C20H25N3O3/c1-2-26-19-9-5-17(6-10-19)22-20(24)21-15-16-3-7-18(8-4-16)23-11-13-25-14-12-23/h3-10H,2,11-15H2,1H3,(H2,21,22,24). The first-order valence-electron chi connectivity index (χ1n) is 8.94. The van der Waals surface area contributed by atoms with Crippen molar-refractivity contribution in [3.8, 4) is 5.75 Å². The molecule has 6 heteroatoms. The summed E-state index contributed by atoms with van der Waals surface area (Å²) in [4.78, 5) is 14.3. The Morgan fingerprint density at radius 1 is 1.08 bits per heavy atom. The number of ether oxygens (including phenoxy) is 2. The summed E-state index contributed by atoms with van der Waals surface area (Å²) in [5, 5.41) is 5.69. The van der Waals surface area contributed by atoms with Crippen LogP contribution in [0.4, 0.5) is 16.2 Å². The van der Waals surface area contributed by atoms with E-state index in [1.807, 2.05) is 43.3 Å². The summed E-state index contributed by atoms with van der Waals surface area (Å²) in [5.41, 5.74) is 2.98. The van der Waals surface area contributed by atoms with Crippen molar-refractivity contribution >= 4 is 17.4 Å². The second-order valence-corrected chi connectivity index (χ2v) is 6.03. The summed E-state index contributed by atoms with van der Waals surface area (Å²) >= 11 is 0. The summed E-state index contributed by atoms with van der Waals surface area (Å²) < 4.78 is 10.8. The van der Waals surface area contributed by atoms with Gasteiger partial charge in [-0.3, -0.25) is 0 Å². The molecule has 2 N–H and O–H groups in total. The van der Waals surface area contributed by atoms with Gasteiger partial charge in [0.1, 0.15) is 5.75 Å². The third kappa shape index (κ3) is 5.13. The van der Waals surface area contributed by atoms with Gasteiger partial charge in [-0.25, -0.2) is 4.79 Å². The fourth-order valence-corrected chi connectivity index (χ4v) is 2.80. The fourth-order valence-electron chi connectivity index (χ4n) is 2.80. The van der Waals surface area contributed by atoms with Crippen LogP contribution in [-0.4, -0.2) is 38.9 Å². The first-order valence-corrected chi connectivity index (χ1v) is 8.94. The molecule has 1 saturated heterocycles. The number of hydrogen-bond acceptors (Lipinski definition) is 4. The SMILES string of the molecule is CCOc1ccc(NC(=O)NCc2ccc(N3CCOCC3)cc2)cc1. The first kappa shape index (κ1) is 18.1. The minimum Gasteiger partial charge on any atom is -0.494 e. The highest BCUT2D eigenvalue weighted by Gasteiger charge is 2.10. The van der Waals surface area contributed by atoms with Gasteiger partial charge >= 0.3 is 6.03 Å². The Kier molecular flexibility index (Phi) is 6.33. The highest BCUT2D eigenvalue weighted by molar-refractivity contribution is 5.89. The maximum absolute atomic E-state index is 12.0. The Morgan fingerprint density at radius 2 is 1.77 bits per heavy atom. The molecule has 0 aromatic heterocycles. The lowest BCUT2D eigenvalue weighted by molar-refractivity contribution is 0.122. The van der Waals surface area contributed by atoms with Gasteiger partial charge in [-0.05, 0) is 48.9 Å². The van der Waals surface area contributed by atoms with E-state index in [0.717, 1.165) is 43.3 Å². The molecule has 0 unspecified atom stereocenters. The van der Waals surface area contributed by atoms with E-state index in [1.54, 1.807) is 0 Å². The molecule has 138 valence electrons. The minimum absolute atomic E-state index is 0.230. The molecule has 0 bridgehead atoms. The van der Waals surface area contributed by atoms with Crippen LogP contribution in [0.15, 0.2) is 48.5 Å². The minimum atomic E-state index is -0.230. The van der Waals surface area contributed by atoms with Gasteiger partial charge in [0.05, 0.1) is 19.8 Å². The number of amides is 2. The number of carbonyl (C=O) groups is 1. The van der Waals surface area contributed by atoms with Gasteiger partial charge in [0.2, 0.25) is 0 Å². The van der Waals surface area contributed by atoms with Crippen molar-refractivity contribution < 1.29 is 14.3 Å². The van der Waals surface area contributed by atoms with E-state index in [4.69, 9.17) is 9.47 Å². The number of nitrogens with one attached hydrogen (secondary N) is 2. The summed E-state index contributed by atoms with van der Waals surface area (Å²) in [6, 6.07) is 15.4. The predicted molar refractivity (Wildman–Crippen MR) is 103 cm³/mol. The molecule has 26 heavy (non-hydrogen) atoms. The van der Waals surface area contributed by atoms with Crippen LogP contribution in [0.25, 0.3) is 0 Å². The van der Waals surface area contributed by atoms with Gasteiger partial charge in [0.25, 0.3) is 0 Å². The topological polar surface area (TPSA) is 62.8 Å². The van der Waals surface area contributed by atoms with E-state index >= 15 is 0 Å². The van der Waals surface area contributed by atoms with Crippen LogP contribution in [0.1, 0.15) is 12.5 Å². The molecule has 2 aromatic carbocycles. The second kappa shape index (κ2) is 9.10. The number of morpholine rings is 1. The third-order valence-corrected chi connectivity index (χ3v) is 4.19. The number of hydrogen-bond donors (Lipinski definition) is 2. The molecule has 2 amide bonds. The zero-order chi connectivity index (χ0) is 18.2. The number of anilines is 2. The molecule has 2 aromatic rings. The normalized spacial score (nSPS) is 14.0. The van der Waals surface area contributed by atoms with Crippen molar-refractivity contribution in [3.63, 3.8) is 0 Å². The van der Waals surface area contributed by atoms with Gasteiger partial charge < -0.3 is 25.0 Å². The molecule has 1 fully saturated rings. The van der Waals surface area contributed by atoms with Gasteiger partial charge in [0, 0.05) is 31.0 Å². The monoisotopic (exact) mass is 355 g/mol. The number of rotatable bonds is 6. The average Bonchev–Trinajstić information content (AvgIpc) is 2.69. The van der Waals surface area contributed by atoms with Crippen LogP contribution in [0, 0.1) is 0 Å². The molecule has 3 rings (SSSR count). The van der Waals surface area contributed by atoms with Crippen molar-refractivity contribution in [1.29, 1.82) is 0 Å². The van der Waals surface area contributed by atoms with E-state index in [1.165, 1.54) is 5.69 Å². The molecule has 0 atom stereocenters. The van der Waals surface area contributed by atoms with Crippen LogP contribution in [0.3, 0.4) is 0 Å². The lowest BCUT2D eigenvalue weighted by Crippen LogP contribution is -2.36. The molecule has 0 radical (unpaired) electrons. The fraction of sp³-hybridized carbons (Fsp3) is 0.350. The largest absolute Gasteiger partial charge is 0.494 e. The van der Waals surface area contributed by atoms with Crippen LogP contribution < -0.4 is 20.3 Å². The number of nitrogens with zero attached hydrogens (tertiary/aromatic N) is 1. The average molecular weight is 355 g/mol. The Bertz CT molecular complexity index is 695. The Morgan fingerprint density at radius 3 is 2.42 bits per heavy atom. The van der Waals surface area contributed by atoms with Crippen LogP contribution >= 0.6 is 0 Å². The quantitative estimate of drug-likeness (QED) is 0.835. The summed E-state index contributed by atoms with van der Waals surface area (Å²) in [5.74, 6) is 0.791. The molecule has 1 aliphatic rings. The smallest absolute Gasteiger partial charge is 0.319 e. The molecular weight excluding hydrogens is 330 g/mol. The van der Waals surface area contributed by atoms with E-state index in [-0.39, 0.29) is 6.03 Å². The van der Waals surface area contributed by atoms with Crippen molar-refractivity contribution in [3.05, 3.63) is 54.1 Å². The Balaban J connectivity index is 1.46. The van der Waals surface area contributed by atoms with E-state index in [2.05, 4.69) is 27.7 Å². The summed E-state index contributed by atoms with van der Waals surface area (Å²) in [7, 11) is 0. The highest BCUT2D eigenvalue weighted by Crippen LogP contribution is 2.17. The highest BCUT2D eigenvalue weighted by atomic mass is 16.5. The molecular formula is C20H25N3O3. The summed E-state index contributed by atoms with van der Waals surface area (Å²) in [6.45, 7) is 6.42.